The molecular formula is C19H25N5O3. The van der Waals surface area contributed by atoms with Crippen molar-refractivity contribution in [2.45, 2.75) is 46.3 Å². The summed E-state index contributed by atoms with van der Waals surface area (Å²) in [7, 11) is 0. The highest BCUT2D eigenvalue weighted by Gasteiger charge is 2.22. The first-order chi connectivity index (χ1) is 12.9. The van der Waals surface area contributed by atoms with Gasteiger partial charge in [0.25, 0.3) is 0 Å². The van der Waals surface area contributed by atoms with E-state index in [2.05, 4.69) is 27.4 Å². The lowest BCUT2D eigenvalue weighted by molar-refractivity contribution is -0.386. The van der Waals surface area contributed by atoms with E-state index in [1.807, 2.05) is 12.1 Å². The predicted molar refractivity (Wildman–Crippen MR) is 101 cm³/mol. The Balaban J connectivity index is 1.52. The molecule has 0 unspecified atom stereocenters. The van der Waals surface area contributed by atoms with Crippen LogP contribution in [0.1, 0.15) is 35.4 Å². The number of aromatic nitrogens is 2. The van der Waals surface area contributed by atoms with E-state index in [9.17, 15) is 14.9 Å². The van der Waals surface area contributed by atoms with Crippen LogP contribution in [0.15, 0.2) is 24.3 Å². The van der Waals surface area contributed by atoms with Gasteiger partial charge in [-0.15, -0.1) is 0 Å². The predicted octanol–water partition coefficient (Wildman–Crippen LogP) is 2.32. The molecule has 1 aromatic carbocycles. The van der Waals surface area contributed by atoms with Crippen molar-refractivity contribution in [2.24, 2.45) is 0 Å². The number of hydrogen-bond acceptors (Lipinski definition) is 5. The molecule has 1 aliphatic heterocycles. The number of benzene rings is 1. The Morgan fingerprint density at radius 1 is 1.19 bits per heavy atom. The normalized spacial score (nSPS) is 14.4. The second-order valence-corrected chi connectivity index (χ2v) is 7.01. The molecule has 2 aromatic rings. The molecule has 27 heavy (non-hydrogen) atoms. The number of nitro groups is 1. The number of aryl methyl sites for hydroxylation is 1. The average molecular weight is 371 g/mol. The molecule has 1 aliphatic rings. The molecule has 8 nitrogen and oxygen atoms in total. The number of likely N-dealkylation sites (tertiary alicyclic amines) is 1. The first-order valence-electron chi connectivity index (χ1n) is 9.19. The fourth-order valence-corrected chi connectivity index (χ4v) is 3.46. The van der Waals surface area contributed by atoms with Gasteiger partial charge in [-0.3, -0.25) is 24.5 Å². The molecule has 3 rings (SSSR count). The van der Waals surface area contributed by atoms with Crippen LogP contribution in [0.25, 0.3) is 0 Å². The first kappa shape index (κ1) is 19.0. The molecule has 0 bridgehead atoms. The number of nitrogens with zero attached hydrogens (tertiary/aromatic N) is 4. The van der Waals surface area contributed by atoms with Crippen molar-refractivity contribution >= 4 is 11.6 Å². The van der Waals surface area contributed by atoms with Gasteiger partial charge in [0.05, 0.1) is 4.92 Å². The molecule has 1 saturated heterocycles. The van der Waals surface area contributed by atoms with E-state index in [1.54, 1.807) is 13.8 Å². The number of hydrogen-bond donors (Lipinski definition) is 1. The van der Waals surface area contributed by atoms with Crippen LogP contribution >= 0.6 is 0 Å². The first-order valence-corrected chi connectivity index (χ1v) is 9.19. The average Bonchev–Trinajstić information content (AvgIpc) is 3.22. The van der Waals surface area contributed by atoms with E-state index in [0.717, 1.165) is 12.1 Å². The van der Waals surface area contributed by atoms with Crippen molar-refractivity contribution in [3.63, 3.8) is 0 Å². The zero-order valence-corrected chi connectivity index (χ0v) is 15.8. The van der Waals surface area contributed by atoms with Crippen molar-refractivity contribution in [1.29, 1.82) is 0 Å². The van der Waals surface area contributed by atoms with Gasteiger partial charge in [0.15, 0.2) is 0 Å². The lowest BCUT2D eigenvalue weighted by Crippen LogP contribution is -2.28. The molecule has 1 fully saturated rings. The molecule has 1 N–H and O–H groups in total. The molecule has 0 spiro atoms. The van der Waals surface area contributed by atoms with E-state index in [-0.39, 0.29) is 18.1 Å². The highest BCUT2D eigenvalue weighted by Crippen LogP contribution is 2.21. The Morgan fingerprint density at radius 2 is 1.81 bits per heavy atom. The third-order valence-corrected chi connectivity index (χ3v) is 4.94. The van der Waals surface area contributed by atoms with Gasteiger partial charge >= 0.3 is 5.69 Å². The molecule has 1 aromatic heterocycles. The van der Waals surface area contributed by atoms with Gasteiger partial charge in [0, 0.05) is 13.1 Å². The fraction of sp³-hybridized carbons (Fsp3) is 0.474. The molecule has 144 valence electrons. The summed E-state index contributed by atoms with van der Waals surface area (Å²) in [6, 6.07) is 8.26. The Morgan fingerprint density at radius 3 is 2.41 bits per heavy atom. The maximum absolute atomic E-state index is 12.2. The van der Waals surface area contributed by atoms with E-state index < -0.39 is 4.92 Å². The summed E-state index contributed by atoms with van der Waals surface area (Å²) in [5, 5.41) is 18.0. The van der Waals surface area contributed by atoms with Crippen molar-refractivity contribution in [3.8, 4) is 0 Å². The molecule has 0 saturated carbocycles. The van der Waals surface area contributed by atoms with Crippen LogP contribution in [-0.4, -0.2) is 38.6 Å². The largest absolute Gasteiger partial charge is 0.350 e. The van der Waals surface area contributed by atoms with Crippen molar-refractivity contribution in [2.75, 3.05) is 13.1 Å². The van der Waals surface area contributed by atoms with E-state index in [4.69, 9.17) is 0 Å². The van der Waals surface area contributed by atoms with Crippen LogP contribution < -0.4 is 5.32 Å². The lowest BCUT2D eigenvalue weighted by Gasteiger charge is -2.14. The summed E-state index contributed by atoms with van der Waals surface area (Å²) >= 11 is 0. The van der Waals surface area contributed by atoms with Crippen LogP contribution in [0.5, 0.6) is 0 Å². The van der Waals surface area contributed by atoms with Gasteiger partial charge < -0.3 is 5.32 Å². The third-order valence-electron chi connectivity index (χ3n) is 4.94. The van der Waals surface area contributed by atoms with Crippen molar-refractivity contribution < 1.29 is 9.72 Å². The highest BCUT2D eigenvalue weighted by atomic mass is 16.6. The lowest BCUT2D eigenvalue weighted by atomic mass is 10.1. The van der Waals surface area contributed by atoms with Gasteiger partial charge in [-0.2, -0.15) is 5.10 Å². The molecule has 0 aliphatic carbocycles. The number of carbonyl (C=O) groups excluding carboxylic acids is 1. The minimum Gasteiger partial charge on any atom is -0.350 e. The summed E-state index contributed by atoms with van der Waals surface area (Å²) in [5.74, 6) is -0.225. The molecular weight excluding hydrogens is 346 g/mol. The highest BCUT2D eigenvalue weighted by molar-refractivity contribution is 5.75. The SMILES string of the molecule is Cc1nn(CC(=O)NCc2ccc(CN3CCCC3)cc2)c(C)c1[N+](=O)[O-]. The van der Waals surface area contributed by atoms with Gasteiger partial charge in [0.2, 0.25) is 5.91 Å². The van der Waals surface area contributed by atoms with E-state index >= 15 is 0 Å². The topological polar surface area (TPSA) is 93.3 Å². The number of carbonyl (C=O) groups is 1. The molecule has 8 heteroatoms. The van der Waals surface area contributed by atoms with Crippen LogP contribution in [-0.2, 0) is 24.4 Å². The quantitative estimate of drug-likeness (QED) is 0.595. The van der Waals surface area contributed by atoms with Crippen LogP contribution in [0.2, 0.25) is 0 Å². The number of amides is 1. The summed E-state index contributed by atoms with van der Waals surface area (Å²) < 4.78 is 1.38. The molecule has 0 radical (unpaired) electrons. The smallest absolute Gasteiger partial charge is 0.312 e. The van der Waals surface area contributed by atoms with Crippen LogP contribution in [0, 0.1) is 24.0 Å². The third kappa shape index (κ3) is 4.71. The minimum atomic E-state index is -0.463. The van der Waals surface area contributed by atoms with E-state index in [0.29, 0.717) is 17.9 Å². The monoisotopic (exact) mass is 371 g/mol. The second-order valence-electron chi connectivity index (χ2n) is 7.01. The van der Waals surface area contributed by atoms with Crippen molar-refractivity contribution in [1.82, 2.24) is 20.0 Å². The Bertz CT molecular complexity index is 823. The molecule has 1 amide bonds. The maximum Gasteiger partial charge on any atom is 0.312 e. The Hall–Kier alpha value is -2.74. The number of nitrogens with one attached hydrogen (secondary N) is 1. The zero-order valence-electron chi connectivity index (χ0n) is 15.8. The maximum atomic E-state index is 12.2. The minimum absolute atomic E-state index is 0.0311. The standard InChI is InChI=1S/C19H25N5O3/c1-14-19(24(26)27)15(2)23(21-14)13-18(25)20-11-16-5-7-17(8-6-16)12-22-9-3-4-10-22/h5-8H,3-4,9-13H2,1-2H3,(H,20,25). The van der Waals surface area contributed by atoms with E-state index in [1.165, 1.54) is 36.2 Å². The van der Waals surface area contributed by atoms with Gasteiger partial charge in [-0.05, 0) is 50.9 Å². The van der Waals surface area contributed by atoms with Crippen molar-refractivity contribution in [3.05, 3.63) is 56.9 Å². The Kier molecular flexibility index (Phi) is 5.85. The molecule has 2 heterocycles. The van der Waals surface area contributed by atoms with Gasteiger partial charge in [-0.1, -0.05) is 24.3 Å². The fourth-order valence-electron chi connectivity index (χ4n) is 3.46. The number of rotatable bonds is 7. The summed E-state index contributed by atoms with van der Waals surface area (Å²) in [5.41, 5.74) is 2.98. The summed E-state index contributed by atoms with van der Waals surface area (Å²) in [6.07, 6.45) is 2.56. The van der Waals surface area contributed by atoms with Crippen LogP contribution in [0.4, 0.5) is 5.69 Å². The molecule has 0 atom stereocenters. The van der Waals surface area contributed by atoms with Gasteiger partial charge in [-0.25, -0.2) is 0 Å². The zero-order chi connectivity index (χ0) is 19.4. The summed E-state index contributed by atoms with van der Waals surface area (Å²) in [6.45, 7) is 6.87. The second kappa shape index (κ2) is 8.30. The van der Waals surface area contributed by atoms with Gasteiger partial charge in [0.1, 0.15) is 17.9 Å². The summed E-state index contributed by atoms with van der Waals surface area (Å²) in [4.78, 5) is 25.2. The van der Waals surface area contributed by atoms with Crippen LogP contribution in [0.3, 0.4) is 0 Å². The Labute approximate surface area is 158 Å².